The lowest BCUT2D eigenvalue weighted by Gasteiger charge is -2.10. The molecular weight excluding hydrogens is 493 g/mol. The highest BCUT2D eigenvalue weighted by atomic mass is 35.5. The van der Waals surface area contributed by atoms with E-state index in [0.717, 1.165) is 57.9 Å². The minimum absolute atomic E-state index is 0.0353. The fraction of sp³-hybridized carbons (Fsp3) is 0.154. The molecule has 162 valence electrons. The van der Waals surface area contributed by atoms with Gasteiger partial charge in [-0.15, -0.1) is 22.7 Å². The predicted octanol–water partition coefficient (Wildman–Crippen LogP) is 8.09. The van der Waals surface area contributed by atoms with Crippen molar-refractivity contribution in [1.29, 1.82) is 0 Å². The van der Waals surface area contributed by atoms with E-state index < -0.39 is 0 Å². The third-order valence-electron chi connectivity index (χ3n) is 6.46. The van der Waals surface area contributed by atoms with Crippen LogP contribution in [0, 0.1) is 5.92 Å². The SMILES string of the molecule is CC(C)Cn1c2c(sc3c(=O)c4cc(Cl)ccc4c32)c2sc3c(=O)c4cc(Cl)ccc4c3c21. The highest BCUT2D eigenvalue weighted by molar-refractivity contribution is 7.34. The molecule has 0 unspecified atom stereocenters. The van der Waals surface area contributed by atoms with Crippen LogP contribution in [-0.2, 0) is 6.54 Å². The summed E-state index contributed by atoms with van der Waals surface area (Å²) in [6, 6.07) is 11.2. The highest BCUT2D eigenvalue weighted by Crippen LogP contribution is 2.49. The molecular formula is C26H15Cl2NO2S2. The molecule has 0 atom stereocenters. The Bertz CT molecular complexity index is 1910. The van der Waals surface area contributed by atoms with Gasteiger partial charge in [-0.05, 0) is 41.0 Å². The number of thiophene rings is 2. The number of aromatic nitrogens is 1. The first kappa shape index (κ1) is 20.0. The Morgan fingerprint density at radius 2 is 1.18 bits per heavy atom. The predicted molar refractivity (Wildman–Crippen MR) is 145 cm³/mol. The largest absolute Gasteiger partial charge is 0.338 e. The van der Waals surface area contributed by atoms with Gasteiger partial charge < -0.3 is 4.57 Å². The summed E-state index contributed by atoms with van der Waals surface area (Å²) in [5.41, 5.74) is 2.26. The van der Waals surface area contributed by atoms with Gasteiger partial charge in [0.25, 0.3) is 0 Å². The minimum atomic E-state index is 0.0353. The van der Waals surface area contributed by atoms with Crippen LogP contribution in [0.1, 0.15) is 13.8 Å². The van der Waals surface area contributed by atoms with Gasteiger partial charge in [0.15, 0.2) is 0 Å². The maximum Gasteiger partial charge on any atom is 0.204 e. The van der Waals surface area contributed by atoms with Gasteiger partial charge in [0, 0.05) is 38.1 Å². The summed E-state index contributed by atoms with van der Waals surface area (Å²) in [5.74, 6) is 0.387. The molecule has 33 heavy (non-hydrogen) atoms. The number of rotatable bonds is 2. The third-order valence-corrected chi connectivity index (χ3v) is 9.45. The molecule has 4 aromatic carbocycles. The van der Waals surface area contributed by atoms with E-state index in [9.17, 15) is 9.59 Å². The molecule has 7 aromatic rings. The molecule has 0 aliphatic heterocycles. The molecule has 0 radical (unpaired) electrons. The van der Waals surface area contributed by atoms with Gasteiger partial charge in [-0.3, -0.25) is 9.59 Å². The molecule has 3 heterocycles. The number of hydrogen-bond donors (Lipinski definition) is 0. The number of fused-ring (bicyclic) bond motifs is 11. The van der Waals surface area contributed by atoms with Crippen LogP contribution >= 0.6 is 45.9 Å². The number of nitrogens with zero attached hydrogens (tertiary/aromatic N) is 1. The second kappa shape index (κ2) is 6.57. The first-order valence-corrected chi connectivity index (χ1v) is 13.0. The first-order chi connectivity index (χ1) is 15.8. The summed E-state index contributed by atoms with van der Waals surface area (Å²) in [6.07, 6.45) is 0. The fourth-order valence-electron chi connectivity index (χ4n) is 5.24. The van der Waals surface area contributed by atoms with Crippen molar-refractivity contribution < 1.29 is 0 Å². The standard InChI is InChI=1S/C26H15Cl2NO2S2/c1-10(2)9-29-19-17-13-5-3-11(27)7-15(13)21(30)23(17)32-25(19)26-20(29)18-14-6-4-12(28)8-16(14)22(31)24(18)33-26/h3-8,10H,9H2,1-2H3. The van der Waals surface area contributed by atoms with Crippen LogP contribution in [0.4, 0.5) is 0 Å². The van der Waals surface area contributed by atoms with Crippen LogP contribution in [0.5, 0.6) is 0 Å². The van der Waals surface area contributed by atoms with Gasteiger partial charge in [0.2, 0.25) is 10.9 Å². The van der Waals surface area contributed by atoms with Crippen molar-refractivity contribution in [3.63, 3.8) is 0 Å². The lowest BCUT2D eigenvalue weighted by Crippen LogP contribution is -2.03. The molecule has 0 N–H and O–H groups in total. The smallest absolute Gasteiger partial charge is 0.204 e. The van der Waals surface area contributed by atoms with Crippen molar-refractivity contribution in [3.8, 4) is 0 Å². The van der Waals surface area contributed by atoms with Crippen LogP contribution < -0.4 is 10.9 Å². The Morgan fingerprint density at radius 1 is 0.727 bits per heavy atom. The Hall–Kier alpha value is -2.44. The third kappa shape index (κ3) is 2.46. The van der Waals surface area contributed by atoms with E-state index in [1.165, 1.54) is 0 Å². The van der Waals surface area contributed by atoms with Crippen molar-refractivity contribution in [3.05, 3.63) is 66.9 Å². The van der Waals surface area contributed by atoms with E-state index in [-0.39, 0.29) is 10.9 Å². The van der Waals surface area contributed by atoms with Crippen LogP contribution in [0.3, 0.4) is 0 Å². The van der Waals surface area contributed by atoms with Gasteiger partial charge in [-0.1, -0.05) is 49.2 Å². The molecule has 0 aliphatic carbocycles. The van der Waals surface area contributed by atoms with Gasteiger partial charge in [-0.25, -0.2) is 0 Å². The number of benzene rings is 2. The maximum atomic E-state index is 13.2. The van der Waals surface area contributed by atoms with E-state index >= 15 is 0 Å². The van der Waals surface area contributed by atoms with Crippen molar-refractivity contribution >= 4 is 108 Å². The Kier molecular flexibility index (Phi) is 3.98. The summed E-state index contributed by atoms with van der Waals surface area (Å²) in [6.45, 7) is 5.17. The van der Waals surface area contributed by atoms with Crippen LogP contribution in [0.2, 0.25) is 10.0 Å². The average molecular weight is 508 g/mol. The molecule has 3 aromatic heterocycles. The second-order valence-corrected chi connectivity index (χ2v) is 11.9. The lowest BCUT2D eigenvalue weighted by molar-refractivity contribution is 0.547. The molecule has 3 nitrogen and oxygen atoms in total. The molecule has 0 spiro atoms. The lowest BCUT2D eigenvalue weighted by atomic mass is 10.1. The van der Waals surface area contributed by atoms with Crippen LogP contribution in [-0.4, -0.2) is 4.57 Å². The summed E-state index contributed by atoms with van der Waals surface area (Å²) < 4.78 is 6.06. The van der Waals surface area contributed by atoms with Crippen molar-refractivity contribution in [1.82, 2.24) is 4.57 Å². The van der Waals surface area contributed by atoms with E-state index in [4.69, 9.17) is 23.2 Å². The molecule has 0 fully saturated rings. The normalized spacial score (nSPS) is 12.9. The van der Waals surface area contributed by atoms with Crippen LogP contribution in [0.25, 0.3) is 62.2 Å². The summed E-state index contributed by atoms with van der Waals surface area (Å²) in [7, 11) is 0. The van der Waals surface area contributed by atoms with E-state index in [1.807, 2.05) is 24.3 Å². The Morgan fingerprint density at radius 3 is 1.61 bits per heavy atom. The number of hydrogen-bond acceptors (Lipinski definition) is 4. The Balaban J connectivity index is 1.77. The summed E-state index contributed by atoms with van der Waals surface area (Å²) >= 11 is 15.5. The maximum absolute atomic E-state index is 13.2. The highest BCUT2D eigenvalue weighted by Gasteiger charge is 2.27. The van der Waals surface area contributed by atoms with Gasteiger partial charge in [0.1, 0.15) is 0 Å². The molecule has 0 aliphatic rings. The molecule has 0 amide bonds. The van der Waals surface area contributed by atoms with Crippen molar-refractivity contribution in [2.75, 3.05) is 0 Å². The average Bonchev–Trinajstić information content (AvgIpc) is 3.51. The number of halogens is 2. The van der Waals surface area contributed by atoms with Gasteiger partial charge in [-0.2, -0.15) is 0 Å². The topological polar surface area (TPSA) is 39.1 Å². The van der Waals surface area contributed by atoms with Crippen molar-refractivity contribution in [2.45, 2.75) is 20.4 Å². The van der Waals surface area contributed by atoms with E-state index in [1.54, 1.807) is 34.8 Å². The van der Waals surface area contributed by atoms with E-state index in [2.05, 4.69) is 18.4 Å². The van der Waals surface area contributed by atoms with Gasteiger partial charge in [0.05, 0.1) is 29.8 Å². The minimum Gasteiger partial charge on any atom is -0.338 e. The molecule has 0 saturated carbocycles. The monoisotopic (exact) mass is 507 g/mol. The fourth-order valence-corrected chi connectivity index (χ4v) is 8.26. The van der Waals surface area contributed by atoms with Crippen LogP contribution in [0.15, 0.2) is 46.0 Å². The van der Waals surface area contributed by atoms with Gasteiger partial charge >= 0.3 is 0 Å². The quantitative estimate of drug-likeness (QED) is 0.237. The zero-order chi connectivity index (χ0) is 22.8. The zero-order valence-corrected chi connectivity index (χ0v) is 20.7. The molecule has 0 bridgehead atoms. The Labute approximate surface area is 205 Å². The molecule has 7 heteroatoms. The zero-order valence-electron chi connectivity index (χ0n) is 17.6. The first-order valence-electron chi connectivity index (χ1n) is 10.7. The van der Waals surface area contributed by atoms with E-state index in [0.29, 0.717) is 26.7 Å². The molecule has 7 rings (SSSR count). The van der Waals surface area contributed by atoms with Crippen molar-refractivity contribution in [2.24, 2.45) is 5.92 Å². The molecule has 0 saturated heterocycles. The summed E-state index contributed by atoms with van der Waals surface area (Å²) in [4.78, 5) is 26.5. The summed E-state index contributed by atoms with van der Waals surface area (Å²) in [5, 5.41) is 6.38. The second-order valence-electron chi connectivity index (χ2n) is 9.01.